The number of hydrogen-bond acceptors (Lipinski definition) is 2. The number of rotatable bonds is 3. The minimum absolute atomic E-state index is 0.0487. The smallest absolute Gasteiger partial charge is 0.179 e. The first kappa shape index (κ1) is 10.9. The number of benzene rings is 1. The number of halogens is 2. The molecule has 0 atom stereocenters. The lowest BCUT2D eigenvalue weighted by molar-refractivity contribution is 0.375. The molecule has 2 nitrogen and oxygen atoms in total. The molecule has 15 heavy (non-hydrogen) atoms. The molecule has 4 heteroatoms. The summed E-state index contributed by atoms with van der Waals surface area (Å²) in [5, 5.41) is 0. The van der Waals surface area contributed by atoms with Crippen LogP contribution in [0.5, 0.6) is 5.75 Å². The highest BCUT2D eigenvalue weighted by Gasteiger charge is 2.45. The average molecular weight is 274 g/mol. The lowest BCUT2D eigenvalue weighted by atomic mass is 9.95. The molecule has 1 saturated carbocycles. The van der Waals surface area contributed by atoms with Crippen molar-refractivity contribution in [3.8, 4) is 5.75 Å². The van der Waals surface area contributed by atoms with Crippen molar-refractivity contribution in [2.24, 2.45) is 5.73 Å². The van der Waals surface area contributed by atoms with Gasteiger partial charge in [0.25, 0.3) is 0 Å². The van der Waals surface area contributed by atoms with Gasteiger partial charge >= 0.3 is 0 Å². The number of ether oxygens (including phenoxy) is 1. The van der Waals surface area contributed by atoms with Crippen LogP contribution in [0.2, 0.25) is 0 Å². The van der Waals surface area contributed by atoms with Crippen molar-refractivity contribution in [3.05, 3.63) is 28.0 Å². The van der Waals surface area contributed by atoms with Crippen molar-refractivity contribution in [2.45, 2.75) is 18.3 Å². The van der Waals surface area contributed by atoms with Crippen molar-refractivity contribution in [3.63, 3.8) is 0 Å². The van der Waals surface area contributed by atoms with Crippen molar-refractivity contribution < 1.29 is 9.13 Å². The zero-order chi connectivity index (χ0) is 11.1. The third-order valence-corrected chi connectivity index (χ3v) is 3.68. The Morgan fingerprint density at radius 3 is 2.67 bits per heavy atom. The standard InChI is InChI=1S/C11H13BrFNO/c1-15-10-7(11(6-14)4-5-11)2-3-8(12)9(10)13/h2-3H,4-6,14H2,1H3. The molecule has 2 rings (SSSR count). The molecule has 1 aromatic carbocycles. The summed E-state index contributed by atoms with van der Waals surface area (Å²) in [6.45, 7) is 0.546. The number of hydrogen-bond donors (Lipinski definition) is 1. The lowest BCUT2D eigenvalue weighted by Gasteiger charge is -2.17. The molecule has 82 valence electrons. The van der Waals surface area contributed by atoms with Crippen LogP contribution in [0.15, 0.2) is 16.6 Å². The largest absolute Gasteiger partial charge is 0.493 e. The Balaban J connectivity index is 2.52. The highest BCUT2D eigenvalue weighted by atomic mass is 79.9. The first-order valence-electron chi connectivity index (χ1n) is 4.87. The molecule has 0 saturated heterocycles. The van der Waals surface area contributed by atoms with Crippen molar-refractivity contribution >= 4 is 15.9 Å². The second-order valence-electron chi connectivity index (χ2n) is 3.93. The van der Waals surface area contributed by atoms with E-state index in [1.165, 1.54) is 7.11 Å². The topological polar surface area (TPSA) is 35.2 Å². The normalized spacial score (nSPS) is 17.6. The van der Waals surface area contributed by atoms with Crippen LogP contribution in [0.25, 0.3) is 0 Å². The fourth-order valence-electron chi connectivity index (χ4n) is 1.88. The third-order valence-electron chi connectivity index (χ3n) is 3.07. The molecule has 0 aromatic heterocycles. The van der Waals surface area contributed by atoms with Crippen LogP contribution < -0.4 is 10.5 Å². The Labute approximate surface area is 96.7 Å². The maximum Gasteiger partial charge on any atom is 0.179 e. The minimum atomic E-state index is -0.338. The summed E-state index contributed by atoms with van der Waals surface area (Å²) in [6.07, 6.45) is 2.03. The average Bonchev–Trinajstić information content (AvgIpc) is 3.02. The molecule has 0 unspecified atom stereocenters. The van der Waals surface area contributed by atoms with Crippen LogP contribution in [-0.2, 0) is 5.41 Å². The Kier molecular flexibility index (Phi) is 2.73. The van der Waals surface area contributed by atoms with Crippen molar-refractivity contribution in [1.82, 2.24) is 0 Å². The molecular formula is C11H13BrFNO. The van der Waals surface area contributed by atoms with E-state index in [2.05, 4.69) is 15.9 Å². The van der Waals surface area contributed by atoms with Gasteiger partial charge in [0.2, 0.25) is 0 Å². The van der Waals surface area contributed by atoms with E-state index in [0.717, 1.165) is 18.4 Å². The van der Waals surface area contributed by atoms with Crippen molar-refractivity contribution in [2.75, 3.05) is 13.7 Å². The van der Waals surface area contributed by atoms with Crippen LogP contribution in [0.3, 0.4) is 0 Å². The zero-order valence-electron chi connectivity index (χ0n) is 8.52. The molecule has 0 amide bonds. The van der Waals surface area contributed by atoms with Crippen LogP contribution in [0.1, 0.15) is 18.4 Å². The fourth-order valence-corrected chi connectivity index (χ4v) is 2.20. The first-order valence-corrected chi connectivity index (χ1v) is 5.66. The Morgan fingerprint density at radius 2 is 2.20 bits per heavy atom. The number of methoxy groups -OCH3 is 1. The van der Waals surface area contributed by atoms with E-state index < -0.39 is 0 Å². The molecule has 0 aliphatic heterocycles. The van der Waals surface area contributed by atoms with Gasteiger partial charge in [-0.05, 0) is 34.8 Å². The molecule has 0 heterocycles. The Bertz CT molecular complexity index is 390. The van der Waals surface area contributed by atoms with Gasteiger partial charge in [0, 0.05) is 17.5 Å². The minimum Gasteiger partial charge on any atom is -0.493 e. The molecule has 0 spiro atoms. The second-order valence-corrected chi connectivity index (χ2v) is 4.78. The van der Waals surface area contributed by atoms with Gasteiger partial charge in [0.05, 0.1) is 11.6 Å². The van der Waals surface area contributed by atoms with E-state index in [1.54, 1.807) is 6.07 Å². The lowest BCUT2D eigenvalue weighted by Crippen LogP contribution is -2.20. The van der Waals surface area contributed by atoms with E-state index in [-0.39, 0.29) is 11.2 Å². The van der Waals surface area contributed by atoms with E-state index in [4.69, 9.17) is 10.5 Å². The molecule has 1 aliphatic rings. The van der Waals surface area contributed by atoms with E-state index >= 15 is 0 Å². The van der Waals surface area contributed by atoms with Gasteiger partial charge < -0.3 is 10.5 Å². The fraction of sp³-hybridized carbons (Fsp3) is 0.455. The van der Waals surface area contributed by atoms with Crippen LogP contribution in [0, 0.1) is 5.82 Å². The van der Waals surface area contributed by atoms with E-state index in [0.29, 0.717) is 16.8 Å². The quantitative estimate of drug-likeness (QED) is 0.919. The summed E-state index contributed by atoms with van der Waals surface area (Å²) in [4.78, 5) is 0. The highest BCUT2D eigenvalue weighted by molar-refractivity contribution is 9.10. The van der Waals surface area contributed by atoms with Crippen LogP contribution in [0.4, 0.5) is 4.39 Å². The molecule has 1 fully saturated rings. The molecule has 0 radical (unpaired) electrons. The maximum absolute atomic E-state index is 13.7. The molecule has 2 N–H and O–H groups in total. The van der Waals surface area contributed by atoms with Gasteiger partial charge in [-0.3, -0.25) is 0 Å². The van der Waals surface area contributed by atoms with Gasteiger partial charge in [0.15, 0.2) is 11.6 Å². The van der Waals surface area contributed by atoms with Gasteiger partial charge in [-0.2, -0.15) is 0 Å². The molecule has 0 bridgehead atoms. The first-order chi connectivity index (χ1) is 7.14. The summed E-state index contributed by atoms with van der Waals surface area (Å²) < 4.78 is 19.3. The monoisotopic (exact) mass is 273 g/mol. The van der Waals surface area contributed by atoms with Crippen molar-refractivity contribution in [1.29, 1.82) is 0 Å². The summed E-state index contributed by atoms with van der Waals surface area (Å²) in [5.41, 5.74) is 6.57. The van der Waals surface area contributed by atoms with Gasteiger partial charge in [0.1, 0.15) is 0 Å². The zero-order valence-corrected chi connectivity index (χ0v) is 10.1. The Hall–Kier alpha value is -0.610. The second kappa shape index (κ2) is 3.76. The molecule has 1 aliphatic carbocycles. The predicted octanol–water partition coefficient (Wildman–Crippen LogP) is 2.59. The van der Waals surface area contributed by atoms with E-state index in [1.807, 2.05) is 6.07 Å². The summed E-state index contributed by atoms with van der Waals surface area (Å²) >= 11 is 3.14. The molecular weight excluding hydrogens is 261 g/mol. The maximum atomic E-state index is 13.7. The Morgan fingerprint density at radius 1 is 1.53 bits per heavy atom. The highest BCUT2D eigenvalue weighted by Crippen LogP contribution is 2.51. The third kappa shape index (κ3) is 1.66. The molecule has 1 aromatic rings. The van der Waals surface area contributed by atoms with Crippen LogP contribution >= 0.6 is 15.9 Å². The van der Waals surface area contributed by atoms with Gasteiger partial charge in [-0.25, -0.2) is 4.39 Å². The SMILES string of the molecule is COc1c(C2(CN)CC2)ccc(Br)c1F. The van der Waals surface area contributed by atoms with Gasteiger partial charge in [-0.15, -0.1) is 0 Å². The number of nitrogens with two attached hydrogens (primary N) is 1. The van der Waals surface area contributed by atoms with E-state index in [9.17, 15) is 4.39 Å². The predicted molar refractivity (Wildman–Crippen MR) is 60.6 cm³/mol. The summed E-state index contributed by atoms with van der Waals surface area (Å²) in [5.74, 6) is -0.0120. The van der Waals surface area contributed by atoms with Gasteiger partial charge in [-0.1, -0.05) is 6.07 Å². The summed E-state index contributed by atoms with van der Waals surface area (Å²) in [7, 11) is 1.49. The summed E-state index contributed by atoms with van der Waals surface area (Å²) in [6, 6.07) is 3.61. The van der Waals surface area contributed by atoms with Crippen LogP contribution in [-0.4, -0.2) is 13.7 Å².